The van der Waals surface area contributed by atoms with E-state index in [2.05, 4.69) is 52.9 Å². The summed E-state index contributed by atoms with van der Waals surface area (Å²) in [4.78, 5) is 4.43. The molecule has 0 fully saturated rings. The second-order valence-corrected chi connectivity index (χ2v) is 4.23. The van der Waals surface area contributed by atoms with Crippen molar-refractivity contribution in [1.82, 2.24) is 9.55 Å². The minimum Gasteiger partial charge on any atom is -0.323 e. The molecule has 2 aromatic carbocycles. The Kier molecular flexibility index (Phi) is 2.41. The lowest BCUT2D eigenvalue weighted by Crippen LogP contribution is -2.04. The van der Waals surface area contributed by atoms with Crippen molar-refractivity contribution in [2.24, 2.45) is 0 Å². The number of nitrogens with zero attached hydrogens (tertiary/aromatic N) is 2. The number of fused-ring (bicyclic) bond motifs is 1. The van der Waals surface area contributed by atoms with Gasteiger partial charge < -0.3 is 4.57 Å². The molecule has 0 saturated heterocycles. The summed E-state index contributed by atoms with van der Waals surface area (Å²) in [5.74, 6) is 0. The second-order valence-electron chi connectivity index (χ2n) is 4.23. The summed E-state index contributed by atoms with van der Waals surface area (Å²) in [6.07, 6.45) is 1.92. The van der Waals surface area contributed by atoms with Gasteiger partial charge in [-0.2, -0.15) is 0 Å². The number of imidazole rings is 1. The van der Waals surface area contributed by atoms with Gasteiger partial charge >= 0.3 is 0 Å². The maximum absolute atomic E-state index is 4.43. The molecule has 17 heavy (non-hydrogen) atoms. The van der Waals surface area contributed by atoms with Crippen molar-refractivity contribution >= 4 is 11.0 Å². The molecule has 0 aliphatic carbocycles. The van der Waals surface area contributed by atoms with Crippen molar-refractivity contribution in [2.45, 2.75) is 13.0 Å². The summed E-state index contributed by atoms with van der Waals surface area (Å²) in [6.45, 7) is 2.20. The monoisotopic (exact) mass is 222 g/mol. The van der Waals surface area contributed by atoms with Gasteiger partial charge in [0.1, 0.15) is 0 Å². The van der Waals surface area contributed by atoms with Crippen LogP contribution in [-0.2, 0) is 0 Å². The van der Waals surface area contributed by atoms with Crippen LogP contribution in [0.25, 0.3) is 11.0 Å². The van der Waals surface area contributed by atoms with E-state index in [9.17, 15) is 0 Å². The second kappa shape index (κ2) is 4.06. The fourth-order valence-electron chi connectivity index (χ4n) is 2.18. The molecule has 0 spiro atoms. The first-order chi connectivity index (χ1) is 8.36. The predicted octanol–water partition coefficient (Wildman–Crippen LogP) is 3.65. The molecule has 0 aliphatic rings. The van der Waals surface area contributed by atoms with Crippen LogP contribution in [0.15, 0.2) is 60.9 Å². The Labute approximate surface area is 101 Å². The van der Waals surface area contributed by atoms with Crippen molar-refractivity contribution < 1.29 is 0 Å². The maximum atomic E-state index is 4.43. The largest absolute Gasteiger partial charge is 0.323 e. The van der Waals surface area contributed by atoms with E-state index in [0.29, 0.717) is 6.04 Å². The van der Waals surface area contributed by atoms with Crippen molar-refractivity contribution in [3.8, 4) is 0 Å². The fraction of sp³-hybridized carbons (Fsp3) is 0.133. The highest BCUT2D eigenvalue weighted by Gasteiger charge is 2.10. The van der Waals surface area contributed by atoms with Gasteiger partial charge in [0, 0.05) is 0 Å². The lowest BCUT2D eigenvalue weighted by atomic mass is 10.1. The first kappa shape index (κ1) is 10.1. The molecular weight excluding hydrogens is 208 g/mol. The van der Waals surface area contributed by atoms with E-state index in [0.717, 1.165) is 5.52 Å². The average Bonchev–Trinajstić information content (AvgIpc) is 2.83. The highest BCUT2D eigenvalue weighted by molar-refractivity contribution is 5.75. The molecule has 1 aromatic heterocycles. The molecule has 1 heterocycles. The topological polar surface area (TPSA) is 17.8 Å². The molecule has 0 aliphatic heterocycles. The molecule has 0 N–H and O–H groups in total. The zero-order valence-electron chi connectivity index (χ0n) is 9.75. The summed E-state index contributed by atoms with van der Waals surface area (Å²) < 4.78 is 2.21. The van der Waals surface area contributed by atoms with Gasteiger partial charge in [-0.3, -0.25) is 0 Å². The minimum atomic E-state index is 0.309. The lowest BCUT2D eigenvalue weighted by Gasteiger charge is -2.14. The number of benzene rings is 2. The smallest absolute Gasteiger partial charge is 0.0964 e. The number of aromatic nitrogens is 2. The highest BCUT2D eigenvalue weighted by Crippen LogP contribution is 2.22. The van der Waals surface area contributed by atoms with E-state index in [1.165, 1.54) is 11.1 Å². The van der Waals surface area contributed by atoms with E-state index < -0.39 is 0 Å². The van der Waals surface area contributed by atoms with Crippen molar-refractivity contribution in [3.05, 3.63) is 66.5 Å². The molecular formula is C15H14N2. The Hall–Kier alpha value is -2.09. The fourth-order valence-corrected chi connectivity index (χ4v) is 2.18. The average molecular weight is 222 g/mol. The summed E-state index contributed by atoms with van der Waals surface area (Å²) in [7, 11) is 0. The summed E-state index contributed by atoms with van der Waals surface area (Å²) in [5.41, 5.74) is 3.54. The third-order valence-electron chi connectivity index (χ3n) is 3.18. The van der Waals surface area contributed by atoms with Crippen molar-refractivity contribution in [2.75, 3.05) is 0 Å². The Morgan fingerprint density at radius 3 is 2.47 bits per heavy atom. The maximum Gasteiger partial charge on any atom is 0.0964 e. The Bertz CT molecular complexity index is 625. The highest BCUT2D eigenvalue weighted by atomic mass is 15.1. The van der Waals surface area contributed by atoms with Gasteiger partial charge in [-0.1, -0.05) is 42.5 Å². The summed E-state index contributed by atoms with van der Waals surface area (Å²) in [5, 5.41) is 0. The summed E-state index contributed by atoms with van der Waals surface area (Å²) >= 11 is 0. The summed E-state index contributed by atoms with van der Waals surface area (Å²) in [6, 6.07) is 19.0. The Morgan fingerprint density at radius 1 is 0.941 bits per heavy atom. The first-order valence-electron chi connectivity index (χ1n) is 5.83. The van der Waals surface area contributed by atoms with E-state index in [-0.39, 0.29) is 0 Å². The van der Waals surface area contributed by atoms with Gasteiger partial charge in [-0.05, 0) is 24.6 Å². The lowest BCUT2D eigenvalue weighted by molar-refractivity contribution is 0.658. The zero-order chi connectivity index (χ0) is 11.7. The normalized spacial score (nSPS) is 12.8. The van der Waals surface area contributed by atoms with Crippen LogP contribution in [0.2, 0.25) is 0 Å². The van der Waals surface area contributed by atoms with Gasteiger partial charge in [0.15, 0.2) is 0 Å². The minimum absolute atomic E-state index is 0.309. The van der Waals surface area contributed by atoms with Gasteiger partial charge in [0.2, 0.25) is 0 Å². The van der Waals surface area contributed by atoms with Crippen LogP contribution in [0.4, 0.5) is 0 Å². The van der Waals surface area contributed by atoms with E-state index >= 15 is 0 Å². The third kappa shape index (κ3) is 1.72. The molecule has 84 valence electrons. The SMILES string of the molecule is C[C@@H](c1ccccc1)n1cnc2ccccc21. The predicted molar refractivity (Wildman–Crippen MR) is 70.0 cm³/mol. The Morgan fingerprint density at radius 2 is 1.65 bits per heavy atom. The Balaban J connectivity index is 2.10. The van der Waals surface area contributed by atoms with Crippen LogP contribution in [0.3, 0.4) is 0 Å². The van der Waals surface area contributed by atoms with Crippen LogP contribution in [0.5, 0.6) is 0 Å². The molecule has 0 unspecified atom stereocenters. The zero-order valence-corrected chi connectivity index (χ0v) is 9.75. The van der Waals surface area contributed by atoms with Crippen LogP contribution < -0.4 is 0 Å². The van der Waals surface area contributed by atoms with Crippen molar-refractivity contribution in [1.29, 1.82) is 0 Å². The molecule has 3 rings (SSSR count). The number of hydrogen-bond acceptors (Lipinski definition) is 1. The number of rotatable bonds is 2. The molecule has 0 saturated carbocycles. The number of para-hydroxylation sites is 2. The van der Waals surface area contributed by atoms with Crippen LogP contribution in [0.1, 0.15) is 18.5 Å². The van der Waals surface area contributed by atoms with E-state index in [1.54, 1.807) is 0 Å². The van der Waals surface area contributed by atoms with Gasteiger partial charge in [0.25, 0.3) is 0 Å². The first-order valence-corrected chi connectivity index (χ1v) is 5.83. The molecule has 2 heteroatoms. The molecule has 2 nitrogen and oxygen atoms in total. The van der Waals surface area contributed by atoms with E-state index in [1.807, 2.05) is 24.5 Å². The van der Waals surface area contributed by atoms with E-state index in [4.69, 9.17) is 0 Å². The molecule has 0 amide bonds. The molecule has 0 bridgehead atoms. The van der Waals surface area contributed by atoms with Crippen LogP contribution in [-0.4, -0.2) is 9.55 Å². The van der Waals surface area contributed by atoms with Crippen molar-refractivity contribution in [3.63, 3.8) is 0 Å². The standard InChI is InChI=1S/C15H14N2/c1-12(13-7-3-2-4-8-13)17-11-16-14-9-5-6-10-15(14)17/h2-12H,1H3/t12-/m0/s1. The third-order valence-corrected chi connectivity index (χ3v) is 3.18. The van der Waals surface area contributed by atoms with Gasteiger partial charge in [0.05, 0.1) is 23.4 Å². The molecule has 0 radical (unpaired) electrons. The quantitative estimate of drug-likeness (QED) is 0.647. The number of hydrogen-bond donors (Lipinski definition) is 0. The molecule has 1 atom stereocenters. The van der Waals surface area contributed by atoms with Gasteiger partial charge in [-0.25, -0.2) is 4.98 Å². The van der Waals surface area contributed by atoms with Crippen LogP contribution >= 0.6 is 0 Å². The van der Waals surface area contributed by atoms with Crippen LogP contribution in [0, 0.1) is 0 Å². The molecule has 3 aromatic rings. The van der Waals surface area contributed by atoms with Gasteiger partial charge in [-0.15, -0.1) is 0 Å².